The van der Waals surface area contributed by atoms with Crippen LogP contribution in [0.4, 0.5) is 0 Å². The molecule has 4 nitrogen and oxygen atoms in total. The van der Waals surface area contributed by atoms with Crippen LogP contribution in [0.1, 0.15) is 32.6 Å². The van der Waals surface area contributed by atoms with Gasteiger partial charge in [0, 0.05) is 6.54 Å². The van der Waals surface area contributed by atoms with Gasteiger partial charge in [-0.25, -0.2) is 0 Å². The van der Waals surface area contributed by atoms with Gasteiger partial charge >= 0.3 is 0 Å². The maximum absolute atomic E-state index is 8.32. The maximum Gasteiger partial charge on any atom is 0.153 e. The van der Waals surface area contributed by atoms with Gasteiger partial charge in [-0.2, -0.15) is 0 Å². The molecule has 0 amide bonds. The number of nitrogens with two attached hydrogens (primary N) is 1. The Hall–Kier alpha value is -0.770. The van der Waals surface area contributed by atoms with Crippen LogP contribution in [0.15, 0.2) is 5.16 Å². The lowest BCUT2D eigenvalue weighted by molar-refractivity contribution is 0.126. The number of oxime groups is 1. The second-order valence-corrected chi connectivity index (χ2v) is 3.90. The third kappa shape index (κ3) is 2.59. The topological polar surface area (TPSA) is 70.6 Å². The molecule has 1 aliphatic rings. The molecule has 4 heteroatoms. The molecule has 0 unspecified atom stereocenters. The van der Waals surface area contributed by atoms with E-state index in [1.54, 1.807) is 0 Å². The normalized spacial score (nSPS) is 21.2. The van der Waals surface area contributed by atoms with E-state index >= 15 is 0 Å². The number of hydrogen-bond donors (Lipinski definition) is 3. The fourth-order valence-electron chi connectivity index (χ4n) is 1.82. The van der Waals surface area contributed by atoms with E-state index < -0.39 is 0 Å². The SMILES string of the molecule is CCC1(CNCC(N)=NO)CCC1. The van der Waals surface area contributed by atoms with Gasteiger partial charge in [0.2, 0.25) is 0 Å². The Balaban J connectivity index is 2.18. The fraction of sp³-hybridized carbons (Fsp3) is 0.889. The van der Waals surface area contributed by atoms with Crippen molar-refractivity contribution in [1.82, 2.24) is 5.32 Å². The second-order valence-electron chi connectivity index (χ2n) is 3.90. The minimum Gasteiger partial charge on any atom is -0.409 e. The molecule has 0 saturated heterocycles. The van der Waals surface area contributed by atoms with Crippen LogP contribution in [-0.4, -0.2) is 24.1 Å². The Bertz CT molecular complexity index is 182. The van der Waals surface area contributed by atoms with E-state index in [0.717, 1.165) is 6.54 Å². The van der Waals surface area contributed by atoms with Gasteiger partial charge in [-0.1, -0.05) is 18.5 Å². The summed E-state index contributed by atoms with van der Waals surface area (Å²) in [4.78, 5) is 0. The monoisotopic (exact) mass is 185 g/mol. The fourth-order valence-corrected chi connectivity index (χ4v) is 1.82. The van der Waals surface area contributed by atoms with Crippen molar-refractivity contribution in [1.29, 1.82) is 0 Å². The third-order valence-electron chi connectivity index (χ3n) is 3.10. The number of amidine groups is 1. The van der Waals surface area contributed by atoms with E-state index in [9.17, 15) is 0 Å². The predicted molar refractivity (Wildman–Crippen MR) is 52.9 cm³/mol. The highest BCUT2D eigenvalue weighted by Crippen LogP contribution is 2.42. The van der Waals surface area contributed by atoms with Crippen LogP contribution in [0.5, 0.6) is 0 Å². The van der Waals surface area contributed by atoms with Crippen LogP contribution in [0.3, 0.4) is 0 Å². The Labute approximate surface area is 79.2 Å². The van der Waals surface area contributed by atoms with Crippen molar-refractivity contribution in [3.8, 4) is 0 Å². The van der Waals surface area contributed by atoms with E-state index in [0.29, 0.717) is 12.0 Å². The van der Waals surface area contributed by atoms with Gasteiger partial charge in [0.1, 0.15) is 0 Å². The van der Waals surface area contributed by atoms with E-state index in [-0.39, 0.29) is 5.84 Å². The molecule has 0 bridgehead atoms. The molecule has 4 N–H and O–H groups in total. The standard InChI is InChI=1S/C9H19N3O/c1-2-9(4-3-5-9)7-11-6-8(10)12-13/h11,13H,2-7H2,1H3,(H2,10,12). The maximum atomic E-state index is 8.32. The van der Waals surface area contributed by atoms with Crippen LogP contribution in [-0.2, 0) is 0 Å². The van der Waals surface area contributed by atoms with Gasteiger partial charge in [-0.15, -0.1) is 0 Å². The van der Waals surface area contributed by atoms with Gasteiger partial charge in [0.05, 0.1) is 6.54 Å². The van der Waals surface area contributed by atoms with Gasteiger partial charge in [-0.3, -0.25) is 0 Å². The average Bonchev–Trinajstić information content (AvgIpc) is 2.09. The highest BCUT2D eigenvalue weighted by Gasteiger charge is 2.34. The predicted octanol–water partition coefficient (Wildman–Crippen LogP) is 0.903. The van der Waals surface area contributed by atoms with Gasteiger partial charge in [0.15, 0.2) is 5.84 Å². The summed E-state index contributed by atoms with van der Waals surface area (Å²) in [5.74, 6) is 0.255. The number of nitrogens with one attached hydrogen (secondary N) is 1. The quantitative estimate of drug-likeness (QED) is 0.258. The summed E-state index contributed by atoms with van der Waals surface area (Å²) in [5, 5.41) is 14.4. The van der Waals surface area contributed by atoms with Crippen molar-refractivity contribution in [2.75, 3.05) is 13.1 Å². The number of rotatable bonds is 5. The Kier molecular flexibility index (Phi) is 3.54. The Morgan fingerprint density at radius 3 is 2.69 bits per heavy atom. The van der Waals surface area contributed by atoms with Crippen LogP contribution in [0, 0.1) is 5.41 Å². The lowest BCUT2D eigenvalue weighted by atomic mass is 9.67. The summed E-state index contributed by atoms with van der Waals surface area (Å²) >= 11 is 0. The highest BCUT2D eigenvalue weighted by atomic mass is 16.4. The van der Waals surface area contributed by atoms with Crippen molar-refractivity contribution < 1.29 is 5.21 Å². The zero-order chi connectivity index (χ0) is 9.73. The third-order valence-corrected chi connectivity index (χ3v) is 3.10. The van der Waals surface area contributed by atoms with E-state index in [1.807, 2.05) is 0 Å². The molecule has 1 rings (SSSR count). The summed E-state index contributed by atoms with van der Waals surface area (Å²) in [6, 6.07) is 0. The van der Waals surface area contributed by atoms with Crippen LogP contribution in [0.25, 0.3) is 0 Å². The lowest BCUT2D eigenvalue weighted by Crippen LogP contribution is -2.42. The molecule has 0 atom stereocenters. The average molecular weight is 185 g/mol. The molecule has 76 valence electrons. The van der Waals surface area contributed by atoms with Crippen molar-refractivity contribution in [3.05, 3.63) is 0 Å². The zero-order valence-corrected chi connectivity index (χ0v) is 8.21. The van der Waals surface area contributed by atoms with E-state index in [4.69, 9.17) is 10.9 Å². The number of nitrogens with zero attached hydrogens (tertiary/aromatic N) is 1. The van der Waals surface area contributed by atoms with Crippen molar-refractivity contribution >= 4 is 5.84 Å². The lowest BCUT2D eigenvalue weighted by Gasteiger charge is -2.41. The molecule has 1 saturated carbocycles. The van der Waals surface area contributed by atoms with Gasteiger partial charge in [-0.05, 0) is 24.7 Å². The first kappa shape index (κ1) is 10.3. The molecule has 0 aliphatic heterocycles. The molecular formula is C9H19N3O. The second kappa shape index (κ2) is 4.46. The summed E-state index contributed by atoms with van der Waals surface area (Å²) in [6.07, 6.45) is 5.19. The first-order valence-electron chi connectivity index (χ1n) is 4.89. The molecule has 1 aliphatic carbocycles. The van der Waals surface area contributed by atoms with Crippen molar-refractivity contribution in [2.45, 2.75) is 32.6 Å². The molecule has 0 aromatic carbocycles. The first-order chi connectivity index (χ1) is 6.22. The molecule has 0 spiro atoms. The Morgan fingerprint density at radius 1 is 1.62 bits per heavy atom. The summed E-state index contributed by atoms with van der Waals surface area (Å²) in [5.41, 5.74) is 5.84. The molecule has 0 aromatic heterocycles. The zero-order valence-electron chi connectivity index (χ0n) is 8.21. The Morgan fingerprint density at radius 2 is 2.31 bits per heavy atom. The minimum absolute atomic E-state index is 0.255. The summed E-state index contributed by atoms with van der Waals surface area (Å²) < 4.78 is 0. The van der Waals surface area contributed by atoms with E-state index in [2.05, 4.69) is 17.4 Å². The molecule has 13 heavy (non-hydrogen) atoms. The molecular weight excluding hydrogens is 166 g/mol. The summed E-state index contributed by atoms with van der Waals surface area (Å²) in [7, 11) is 0. The largest absolute Gasteiger partial charge is 0.409 e. The molecule has 0 heterocycles. The van der Waals surface area contributed by atoms with Gasteiger partial charge < -0.3 is 16.3 Å². The smallest absolute Gasteiger partial charge is 0.153 e. The van der Waals surface area contributed by atoms with Crippen molar-refractivity contribution in [3.63, 3.8) is 0 Å². The van der Waals surface area contributed by atoms with Crippen LogP contribution >= 0.6 is 0 Å². The van der Waals surface area contributed by atoms with Crippen molar-refractivity contribution in [2.24, 2.45) is 16.3 Å². The number of hydrogen-bond acceptors (Lipinski definition) is 3. The first-order valence-corrected chi connectivity index (χ1v) is 4.89. The van der Waals surface area contributed by atoms with Crippen LogP contribution in [0.2, 0.25) is 0 Å². The highest BCUT2D eigenvalue weighted by molar-refractivity contribution is 5.81. The van der Waals surface area contributed by atoms with Gasteiger partial charge in [0.25, 0.3) is 0 Å². The van der Waals surface area contributed by atoms with Crippen LogP contribution < -0.4 is 11.1 Å². The molecule has 0 aromatic rings. The van der Waals surface area contributed by atoms with E-state index in [1.165, 1.54) is 25.7 Å². The molecule has 1 fully saturated rings. The minimum atomic E-state index is 0.255. The molecule has 0 radical (unpaired) electrons. The summed E-state index contributed by atoms with van der Waals surface area (Å²) in [6.45, 7) is 3.70.